The molecule has 0 spiro atoms. The van der Waals surface area contributed by atoms with E-state index in [1.165, 1.54) is 6.07 Å². The first-order valence-corrected chi connectivity index (χ1v) is 7.48. The minimum absolute atomic E-state index is 0.349. The first-order valence-electron chi connectivity index (χ1n) is 7.48. The lowest BCUT2D eigenvalue weighted by Gasteiger charge is -2.12. The molecule has 0 amide bonds. The summed E-state index contributed by atoms with van der Waals surface area (Å²) in [5, 5.41) is 6.24. The number of rotatable bonds is 6. The third kappa shape index (κ3) is 5.32. The van der Waals surface area contributed by atoms with Crippen molar-refractivity contribution in [2.24, 2.45) is 4.99 Å². The molecule has 0 unspecified atom stereocenters. The number of aromatic nitrogens is 1. The van der Waals surface area contributed by atoms with Gasteiger partial charge in [0.2, 0.25) is 0 Å². The highest BCUT2D eigenvalue weighted by Crippen LogP contribution is 2.11. The summed E-state index contributed by atoms with van der Waals surface area (Å²) in [6.07, 6.45) is 2.92. The summed E-state index contributed by atoms with van der Waals surface area (Å²) >= 11 is 0. The maximum atomic E-state index is 13.5. The van der Waals surface area contributed by atoms with E-state index in [1.54, 1.807) is 19.3 Å². The van der Waals surface area contributed by atoms with Crippen LogP contribution in [0.25, 0.3) is 0 Å². The van der Waals surface area contributed by atoms with Crippen molar-refractivity contribution in [3.63, 3.8) is 0 Å². The number of guanidine groups is 1. The Bertz CT molecular complexity index is 644. The van der Waals surface area contributed by atoms with E-state index < -0.39 is 11.6 Å². The molecule has 0 atom stereocenters. The maximum absolute atomic E-state index is 13.5. The normalized spacial score (nSPS) is 11.3. The number of aliphatic imine (C=N–C) groups is 1. The van der Waals surface area contributed by atoms with Gasteiger partial charge >= 0.3 is 0 Å². The highest BCUT2D eigenvalue weighted by Gasteiger charge is 2.07. The van der Waals surface area contributed by atoms with Crippen LogP contribution in [0.4, 0.5) is 8.78 Å². The van der Waals surface area contributed by atoms with Crippen LogP contribution in [0.5, 0.6) is 0 Å². The molecule has 0 radical (unpaired) electrons. The fourth-order valence-corrected chi connectivity index (χ4v) is 2.13. The van der Waals surface area contributed by atoms with Gasteiger partial charge < -0.3 is 10.6 Å². The van der Waals surface area contributed by atoms with E-state index in [0.717, 1.165) is 18.2 Å². The molecule has 0 aliphatic carbocycles. The molecule has 0 saturated heterocycles. The molecule has 1 heterocycles. The van der Waals surface area contributed by atoms with Crippen molar-refractivity contribution in [1.29, 1.82) is 0 Å². The highest BCUT2D eigenvalue weighted by atomic mass is 19.2. The number of hydrogen-bond donors (Lipinski definition) is 2. The quantitative estimate of drug-likeness (QED) is 0.635. The van der Waals surface area contributed by atoms with Gasteiger partial charge in [0, 0.05) is 38.4 Å². The van der Waals surface area contributed by atoms with Gasteiger partial charge in [-0.1, -0.05) is 18.2 Å². The molecule has 0 aliphatic heterocycles. The summed E-state index contributed by atoms with van der Waals surface area (Å²) in [5.74, 6) is -0.981. The Kier molecular flexibility index (Phi) is 6.47. The molecule has 2 aromatic rings. The number of nitrogens with zero attached hydrogens (tertiary/aromatic N) is 2. The number of pyridine rings is 1. The van der Waals surface area contributed by atoms with Crippen LogP contribution >= 0.6 is 0 Å². The third-order valence-corrected chi connectivity index (χ3v) is 3.34. The van der Waals surface area contributed by atoms with Crippen molar-refractivity contribution in [2.45, 2.75) is 12.8 Å². The van der Waals surface area contributed by atoms with Crippen LogP contribution < -0.4 is 10.6 Å². The highest BCUT2D eigenvalue weighted by molar-refractivity contribution is 5.79. The predicted molar refractivity (Wildman–Crippen MR) is 87.4 cm³/mol. The molecule has 0 aliphatic rings. The Balaban J connectivity index is 1.74. The summed E-state index contributed by atoms with van der Waals surface area (Å²) in [4.78, 5) is 8.34. The fourth-order valence-electron chi connectivity index (χ4n) is 2.13. The second-order valence-corrected chi connectivity index (χ2v) is 4.96. The van der Waals surface area contributed by atoms with E-state index >= 15 is 0 Å². The maximum Gasteiger partial charge on any atom is 0.190 e. The first-order chi connectivity index (χ1) is 11.2. The van der Waals surface area contributed by atoms with E-state index in [-0.39, 0.29) is 0 Å². The summed E-state index contributed by atoms with van der Waals surface area (Å²) in [6.45, 7) is 1.15. The smallest absolute Gasteiger partial charge is 0.190 e. The minimum atomic E-state index is -0.819. The van der Waals surface area contributed by atoms with Crippen molar-refractivity contribution < 1.29 is 8.78 Å². The average Bonchev–Trinajstić information content (AvgIpc) is 2.58. The summed E-state index contributed by atoms with van der Waals surface area (Å²) in [6, 6.07) is 9.99. The number of nitrogens with one attached hydrogen (secondary N) is 2. The lowest BCUT2D eigenvalue weighted by Crippen LogP contribution is -2.39. The van der Waals surface area contributed by atoms with Crippen LogP contribution in [0.1, 0.15) is 11.3 Å². The Labute approximate surface area is 134 Å². The molecule has 4 nitrogen and oxygen atoms in total. The van der Waals surface area contributed by atoms with Gasteiger partial charge in [-0.2, -0.15) is 0 Å². The Morgan fingerprint density at radius 3 is 2.52 bits per heavy atom. The molecule has 6 heteroatoms. The number of benzene rings is 1. The van der Waals surface area contributed by atoms with Crippen LogP contribution in [0.3, 0.4) is 0 Å². The average molecular weight is 318 g/mol. The molecule has 2 N–H and O–H groups in total. The second-order valence-electron chi connectivity index (χ2n) is 4.96. The Morgan fingerprint density at radius 2 is 1.83 bits per heavy atom. The van der Waals surface area contributed by atoms with Gasteiger partial charge in [-0.25, -0.2) is 8.78 Å². The Hall–Kier alpha value is -2.50. The lowest BCUT2D eigenvalue weighted by molar-refractivity contribution is 0.498. The fraction of sp³-hybridized carbons (Fsp3) is 0.294. The van der Waals surface area contributed by atoms with Crippen LogP contribution in [0, 0.1) is 11.6 Å². The molecule has 0 bridgehead atoms. The largest absolute Gasteiger partial charge is 0.356 e. The van der Waals surface area contributed by atoms with Gasteiger partial charge in [0.05, 0.1) is 0 Å². The van der Waals surface area contributed by atoms with Gasteiger partial charge in [-0.05, 0) is 30.2 Å². The van der Waals surface area contributed by atoms with E-state index in [2.05, 4.69) is 20.6 Å². The van der Waals surface area contributed by atoms with Crippen molar-refractivity contribution in [3.8, 4) is 0 Å². The van der Waals surface area contributed by atoms with Crippen molar-refractivity contribution in [1.82, 2.24) is 15.6 Å². The van der Waals surface area contributed by atoms with Gasteiger partial charge in [-0.15, -0.1) is 0 Å². The summed E-state index contributed by atoms with van der Waals surface area (Å²) in [7, 11) is 1.67. The first kappa shape index (κ1) is 16.9. The monoisotopic (exact) mass is 318 g/mol. The molecular formula is C17H20F2N4. The minimum Gasteiger partial charge on any atom is -0.356 e. The van der Waals surface area contributed by atoms with E-state index in [1.807, 2.05) is 18.2 Å². The number of hydrogen-bond acceptors (Lipinski definition) is 2. The molecule has 2 rings (SSSR count). The molecule has 23 heavy (non-hydrogen) atoms. The molecular weight excluding hydrogens is 298 g/mol. The zero-order valence-electron chi connectivity index (χ0n) is 13.0. The standard InChI is InChI=1S/C17H20F2N4/c1-20-17(23-12-9-14-6-2-3-10-21-14)22-11-8-13-5-4-7-15(18)16(13)19/h2-7,10H,8-9,11-12H2,1H3,(H2,20,22,23). The SMILES string of the molecule is CN=C(NCCc1ccccn1)NCCc1cccc(F)c1F. The third-order valence-electron chi connectivity index (χ3n) is 3.34. The molecule has 122 valence electrons. The van der Waals surface area contributed by atoms with Gasteiger partial charge in [0.15, 0.2) is 17.6 Å². The van der Waals surface area contributed by atoms with Gasteiger partial charge in [0.25, 0.3) is 0 Å². The van der Waals surface area contributed by atoms with E-state index in [4.69, 9.17) is 0 Å². The Morgan fingerprint density at radius 1 is 1.04 bits per heavy atom. The van der Waals surface area contributed by atoms with E-state index in [0.29, 0.717) is 31.0 Å². The number of halogens is 2. The summed E-state index contributed by atoms with van der Waals surface area (Å²) in [5.41, 5.74) is 1.35. The topological polar surface area (TPSA) is 49.3 Å². The van der Waals surface area contributed by atoms with Gasteiger partial charge in [0.1, 0.15) is 0 Å². The summed E-state index contributed by atoms with van der Waals surface area (Å²) < 4.78 is 26.7. The van der Waals surface area contributed by atoms with Crippen molar-refractivity contribution >= 4 is 5.96 Å². The van der Waals surface area contributed by atoms with Crippen LogP contribution in [-0.4, -0.2) is 31.1 Å². The molecule has 1 aromatic heterocycles. The van der Waals surface area contributed by atoms with E-state index in [9.17, 15) is 8.78 Å². The van der Waals surface area contributed by atoms with Crippen LogP contribution in [0.15, 0.2) is 47.6 Å². The van der Waals surface area contributed by atoms with Crippen LogP contribution in [0.2, 0.25) is 0 Å². The van der Waals surface area contributed by atoms with Crippen molar-refractivity contribution in [2.75, 3.05) is 20.1 Å². The zero-order chi connectivity index (χ0) is 16.5. The lowest BCUT2D eigenvalue weighted by atomic mass is 10.1. The van der Waals surface area contributed by atoms with Crippen LogP contribution in [-0.2, 0) is 12.8 Å². The zero-order valence-corrected chi connectivity index (χ0v) is 13.0. The molecule has 0 fully saturated rings. The predicted octanol–water partition coefficient (Wildman–Crippen LogP) is 2.31. The second kappa shape index (κ2) is 8.82. The molecule has 0 saturated carbocycles. The van der Waals surface area contributed by atoms with Gasteiger partial charge in [-0.3, -0.25) is 9.98 Å². The molecule has 1 aromatic carbocycles. The van der Waals surface area contributed by atoms with Crippen molar-refractivity contribution in [3.05, 3.63) is 65.5 Å².